The summed E-state index contributed by atoms with van der Waals surface area (Å²) in [6, 6.07) is 13.3. The minimum absolute atomic E-state index is 0.129. The maximum atomic E-state index is 13.9. The van der Waals surface area contributed by atoms with Crippen LogP contribution in [0, 0.1) is 5.82 Å². The predicted molar refractivity (Wildman–Crippen MR) is 138 cm³/mol. The van der Waals surface area contributed by atoms with Crippen molar-refractivity contribution in [1.82, 2.24) is 14.5 Å². The van der Waals surface area contributed by atoms with Crippen molar-refractivity contribution >= 4 is 34.2 Å². The van der Waals surface area contributed by atoms with Gasteiger partial charge in [0.05, 0.1) is 38.9 Å². The van der Waals surface area contributed by atoms with Crippen molar-refractivity contribution in [3.63, 3.8) is 0 Å². The van der Waals surface area contributed by atoms with E-state index in [2.05, 4.69) is 10.3 Å². The van der Waals surface area contributed by atoms with Gasteiger partial charge in [-0.3, -0.25) is 9.36 Å². The zero-order chi connectivity index (χ0) is 27.6. The van der Waals surface area contributed by atoms with E-state index in [0.717, 1.165) is 12.1 Å². The third kappa shape index (κ3) is 5.35. The Hall–Kier alpha value is -3.92. The molecule has 0 aliphatic carbocycles. The standard InChI is InChI=1S/C27H23ClF4N4O2/c1-3-14-35(26(38)34-23-11-7-5-9-19(23)27(30,31)32)16(2)24-33-22-10-6-4-8-18(22)25(37)36(24)17-12-13-21(29)20(28)15-17/h4-13,15-16H,3,14H2,1-2H3,(H,34,38). The molecule has 0 saturated carbocycles. The van der Waals surface area contributed by atoms with Gasteiger partial charge in [0.2, 0.25) is 0 Å². The van der Waals surface area contributed by atoms with Gasteiger partial charge in [0, 0.05) is 6.54 Å². The number of hydrogen-bond acceptors (Lipinski definition) is 3. The number of anilines is 1. The van der Waals surface area contributed by atoms with Gasteiger partial charge in [-0.05, 0) is 55.8 Å². The number of fused-ring (bicyclic) bond motifs is 1. The number of hydrogen-bond donors (Lipinski definition) is 1. The molecule has 0 saturated heterocycles. The summed E-state index contributed by atoms with van der Waals surface area (Å²) in [6.45, 7) is 3.56. The molecule has 0 radical (unpaired) electrons. The van der Waals surface area contributed by atoms with E-state index in [0.29, 0.717) is 11.9 Å². The van der Waals surface area contributed by atoms with Crippen LogP contribution in [0.25, 0.3) is 16.6 Å². The highest BCUT2D eigenvalue weighted by molar-refractivity contribution is 6.30. The molecule has 198 valence electrons. The normalized spacial score (nSPS) is 12.4. The lowest BCUT2D eigenvalue weighted by atomic mass is 10.1. The summed E-state index contributed by atoms with van der Waals surface area (Å²) >= 11 is 5.99. The number of nitrogens with one attached hydrogen (secondary N) is 1. The van der Waals surface area contributed by atoms with Gasteiger partial charge in [-0.2, -0.15) is 13.2 Å². The molecule has 1 aromatic heterocycles. The Bertz CT molecular complexity index is 1550. The van der Waals surface area contributed by atoms with E-state index in [1.807, 2.05) is 0 Å². The molecular weight excluding hydrogens is 524 g/mol. The predicted octanol–water partition coefficient (Wildman–Crippen LogP) is 7.20. The highest BCUT2D eigenvalue weighted by atomic mass is 35.5. The number of benzene rings is 3. The Morgan fingerprint density at radius 3 is 2.47 bits per heavy atom. The van der Waals surface area contributed by atoms with E-state index in [9.17, 15) is 27.2 Å². The van der Waals surface area contributed by atoms with Crippen molar-refractivity contribution in [2.24, 2.45) is 0 Å². The maximum absolute atomic E-state index is 13.9. The largest absolute Gasteiger partial charge is 0.418 e. The Morgan fingerprint density at radius 1 is 1.11 bits per heavy atom. The lowest BCUT2D eigenvalue weighted by Gasteiger charge is -2.30. The Kier molecular flexibility index (Phi) is 7.73. The molecule has 1 unspecified atom stereocenters. The van der Waals surface area contributed by atoms with Crippen molar-refractivity contribution < 1.29 is 22.4 Å². The molecule has 11 heteroatoms. The second kappa shape index (κ2) is 10.8. The summed E-state index contributed by atoms with van der Waals surface area (Å²) in [4.78, 5) is 32.9. The van der Waals surface area contributed by atoms with Crippen LogP contribution in [0.3, 0.4) is 0 Å². The molecule has 3 aromatic carbocycles. The topological polar surface area (TPSA) is 67.2 Å². The minimum atomic E-state index is -4.67. The minimum Gasteiger partial charge on any atom is -0.315 e. The average molecular weight is 547 g/mol. The summed E-state index contributed by atoms with van der Waals surface area (Å²) in [5.41, 5.74) is -1.27. The second-order valence-corrected chi connectivity index (χ2v) is 8.98. The fraction of sp³-hybridized carbons (Fsp3) is 0.222. The van der Waals surface area contributed by atoms with Gasteiger partial charge >= 0.3 is 12.2 Å². The van der Waals surface area contributed by atoms with Crippen molar-refractivity contribution in [2.75, 3.05) is 11.9 Å². The first kappa shape index (κ1) is 27.1. The molecule has 1 heterocycles. The van der Waals surface area contributed by atoms with Crippen LogP contribution in [-0.4, -0.2) is 27.0 Å². The van der Waals surface area contributed by atoms with E-state index in [4.69, 9.17) is 11.6 Å². The number of amides is 2. The fourth-order valence-electron chi connectivity index (χ4n) is 4.18. The van der Waals surface area contributed by atoms with Crippen molar-refractivity contribution in [1.29, 1.82) is 0 Å². The molecule has 0 fully saturated rings. The second-order valence-electron chi connectivity index (χ2n) is 8.57. The summed E-state index contributed by atoms with van der Waals surface area (Å²) in [5.74, 6) is -0.550. The third-order valence-corrected chi connectivity index (χ3v) is 6.29. The molecule has 0 aliphatic rings. The van der Waals surface area contributed by atoms with E-state index >= 15 is 0 Å². The monoisotopic (exact) mass is 546 g/mol. The molecule has 38 heavy (non-hydrogen) atoms. The van der Waals surface area contributed by atoms with E-state index in [-0.39, 0.29) is 28.5 Å². The zero-order valence-electron chi connectivity index (χ0n) is 20.4. The number of aromatic nitrogens is 2. The maximum Gasteiger partial charge on any atom is 0.418 e. The Morgan fingerprint density at radius 2 is 1.79 bits per heavy atom. The summed E-state index contributed by atoms with van der Waals surface area (Å²) in [7, 11) is 0. The van der Waals surface area contributed by atoms with Crippen LogP contribution >= 0.6 is 11.6 Å². The first-order valence-electron chi connectivity index (χ1n) is 11.7. The van der Waals surface area contributed by atoms with Crippen LogP contribution in [0.1, 0.15) is 37.7 Å². The van der Waals surface area contributed by atoms with Crippen molar-refractivity contribution in [3.05, 3.63) is 99.3 Å². The number of para-hydroxylation sites is 2. The Balaban J connectivity index is 1.84. The number of nitrogens with zero attached hydrogens (tertiary/aromatic N) is 3. The highest BCUT2D eigenvalue weighted by Gasteiger charge is 2.34. The number of urea groups is 1. The third-order valence-electron chi connectivity index (χ3n) is 6.00. The van der Waals surface area contributed by atoms with Gasteiger partial charge in [-0.1, -0.05) is 42.8 Å². The molecule has 4 aromatic rings. The molecule has 1 N–H and O–H groups in total. The highest BCUT2D eigenvalue weighted by Crippen LogP contribution is 2.35. The zero-order valence-corrected chi connectivity index (χ0v) is 21.1. The van der Waals surface area contributed by atoms with E-state index in [1.54, 1.807) is 38.1 Å². The molecule has 6 nitrogen and oxygen atoms in total. The number of alkyl halides is 3. The van der Waals surface area contributed by atoms with Gasteiger partial charge < -0.3 is 10.2 Å². The molecule has 0 spiro atoms. The fourth-order valence-corrected chi connectivity index (χ4v) is 4.36. The van der Waals surface area contributed by atoms with Crippen molar-refractivity contribution in [3.8, 4) is 5.69 Å². The van der Waals surface area contributed by atoms with E-state index < -0.39 is 40.9 Å². The van der Waals surface area contributed by atoms with Gasteiger partial charge in [-0.15, -0.1) is 0 Å². The number of carbonyl (C=O) groups is 1. The lowest BCUT2D eigenvalue weighted by Crippen LogP contribution is -2.40. The van der Waals surface area contributed by atoms with Crippen LogP contribution in [0.4, 0.5) is 28.0 Å². The quantitative estimate of drug-likeness (QED) is 0.260. The lowest BCUT2D eigenvalue weighted by molar-refractivity contribution is -0.136. The van der Waals surface area contributed by atoms with Crippen molar-refractivity contribution in [2.45, 2.75) is 32.5 Å². The first-order valence-corrected chi connectivity index (χ1v) is 12.1. The summed E-state index contributed by atoms with van der Waals surface area (Å²) in [5, 5.41) is 2.43. The first-order chi connectivity index (χ1) is 18.0. The Labute approximate surface area is 220 Å². The molecule has 1 atom stereocenters. The smallest absolute Gasteiger partial charge is 0.315 e. The van der Waals surface area contributed by atoms with E-state index in [1.165, 1.54) is 39.8 Å². The SMILES string of the molecule is CCCN(C(=O)Nc1ccccc1C(F)(F)F)C(C)c1nc2ccccc2c(=O)n1-c1ccc(F)c(Cl)c1. The van der Waals surface area contributed by atoms with Crippen LogP contribution < -0.4 is 10.9 Å². The number of carbonyl (C=O) groups excluding carboxylic acids is 1. The molecule has 0 aliphatic heterocycles. The van der Waals surface area contributed by atoms with Gasteiger partial charge in [0.25, 0.3) is 5.56 Å². The van der Waals surface area contributed by atoms with Crippen LogP contribution in [0.2, 0.25) is 5.02 Å². The molecule has 4 rings (SSSR count). The average Bonchev–Trinajstić information content (AvgIpc) is 2.88. The van der Waals surface area contributed by atoms with Crippen LogP contribution in [0.5, 0.6) is 0 Å². The van der Waals surface area contributed by atoms with Crippen LogP contribution in [0.15, 0.2) is 71.5 Å². The molecule has 0 bridgehead atoms. The molecular formula is C27H23ClF4N4O2. The van der Waals surface area contributed by atoms with Gasteiger partial charge in [0.15, 0.2) is 0 Å². The van der Waals surface area contributed by atoms with Gasteiger partial charge in [0.1, 0.15) is 11.6 Å². The number of halogens is 5. The summed E-state index contributed by atoms with van der Waals surface area (Å²) < 4.78 is 55.7. The number of rotatable bonds is 6. The summed E-state index contributed by atoms with van der Waals surface area (Å²) in [6.07, 6.45) is -4.20. The van der Waals surface area contributed by atoms with Gasteiger partial charge in [-0.25, -0.2) is 14.2 Å². The van der Waals surface area contributed by atoms with Crippen LogP contribution in [-0.2, 0) is 6.18 Å². The molecule has 2 amide bonds.